The van der Waals surface area contributed by atoms with E-state index in [-0.39, 0.29) is 29.0 Å². The molecule has 0 aliphatic rings. The van der Waals surface area contributed by atoms with E-state index in [1.807, 2.05) is 76.2 Å². The Morgan fingerprint density at radius 3 is 2.61 bits per heavy atom. The lowest BCUT2D eigenvalue weighted by atomic mass is 9.98. The quantitative estimate of drug-likeness (QED) is 0.227. The monoisotopic (exact) mass is 556 g/mol. The van der Waals surface area contributed by atoms with Gasteiger partial charge in [0.05, 0.1) is 11.2 Å². The van der Waals surface area contributed by atoms with Crippen molar-refractivity contribution in [3.8, 4) is 5.75 Å². The number of ether oxygens (including phenoxy) is 1. The number of amides is 1. The van der Waals surface area contributed by atoms with Gasteiger partial charge in [0.1, 0.15) is 12.4 Å². The Morgan fingerprint density at radius 1 is 1.11 bits per heavy atom. The molecule has 1 amide bonds. The molecule has 0 saturated heterocycles. The maximum absolute atomic E-state index is 12.3. The van der Waals surface area contributed by atoms with Crippen LogP contribution in [0.2, 0.25) is 5.02 Å². The van der Waals surface area contributed by atoms with Crippen molar-refractivity contribution in [1.82, 2.24) is 10.3 Å². The minimum atomic E-state index is -0.777. The first-order valence-corrected chi connectivity index (χ1v) is 14.3. The van der Waals surface area contributed by atoms with Crippen LogP contribution in [0.3, 0.4) is 0 Å². The summed E-state index contributed by atoms with van der Waals surface area (Å²) in [5, 5.41) is 13.9. The lowest BCUT2D eigenvalue weighted by Gasteiger charge is -2.22. The molecule has 204 valence electrons. The largest absolute Gasteiger partial charge is 0.487 e. The van der Waals surface area contributed by atoms with Crippen LogP contribution in [0.25, 0.3) is 10.9 Å². The van der Waals surface area contributed by atoms with Crippen LogP contribution in [-0.4, -0.2) is 33.3 Å². The van der Waals surface area contributed by atoms with Crippen LogP contribution in [0, 0.1) is 5.92 Å². The number of hydrogen-bond donors (Lipinski definition) is 2. The standard InChI is InChI=1S/C30H37ClN2O4S/c1-20(16-29(35)36)8-13-27(38-15-14-28(34)33-30(2,3)4)22-6-5-7-25(17-22)37-19-24-12-10-21-9-11-23(31)18-26(21)32-24/h5-7,9-12,17-18,20,27H,8,13-16,19H2,1-4H3,(H,33,34)(H,35,36). The molecule has 0 aliphatic heterocycles. The summed E-state index contributed by atoms with van der Waals surface area (Å²) in [4.78, 5) is 28.1. The van der Waals surface area contributed by atoms with Crippen molar-refractivity contribution in [3.05, 3.63) is 70.9 Å². The van der Waals surface area contributed by atoms with Crippen LogP contribution in [0.15, 0.2) is 54.6 Å². The highest BCUT2D eigenvalue weighted by Gasteiger charge is 2.18. The average molecular weight is 557 g/mol. The zero-order chi connectivity index (χ0) is 27.7. The number of hydrogen-bond acceptors (Lipinski definition) is 5. The Morgan fingerprint density at radius 2 is 1.87 bits per heavy atom. The van der Waals surface area contributed by atoms with Gasteiger partial charge in [-0.1, -0.05) is 42.8 Å². The number of carboxylic acid groups (broad SMARTS) is 1. The fourth-order valence-corrected chi connectivity index (χ4v) is 5.53. The number of carbonyl (C=O) groups is 2. The maximum Gasteiger partial charge on any atom is 0.303 e. The van der Waals surface area contributed by atoms with Gasteiger partial charge in [0.25, 0.3) is 0 Å². The minimum Gasteiger partial charge on any atom is -0.487 e. The van der Waals surface area contributed by atoms with Gasteiger partial charge < -0.3 is 15.2 Å². The van der Waals surface area contributed by atoms with Crippen molar-refractivity contribution in [3.63, 3.8) is 0 Å². The van der Waals surface area contributed by atoms with Crippen molar-refractivity contribution < 1.29 is 19.4 Å². The number of halogens is 1. The second-order valence-electron chi connectivity index (χ2n) is 10.7. The molecule has 2 unspecified atom stereocenters. The van der Waals surface area contributed by atoms with Crippen molar-refractivity contribution in [2.75, 3.05) is 5.75 Å². The van der Waals surface area contributed by atoms with Gasteiger partial charge in [-0.2, -0.15) is 11.8 Å². The highest BCUT2D eigenvalue weighted by Crippen LogP contribution is 2.36. The van der Waals surface area contributed by atoms with Gasteiger partial charge in [0.15, 0.2) is 0 Å². The smallest absolute Gasteiger partial charge is 0.303 e. The molecule has 0 saturated carbocycles. The highest BCUT2D eigenvalue weighted by molar-refractivity contribution is 7.99. The number of aliphatic carboxylic acids is 1. The van der Waals surface area contributed by atoms with E-state index in [0.717, 1.165) is 40.8 Å². The normalized spacial score (nSPS) is 13.2. The van der Waals surface area contributed by atoms with Crippen LogP contribution in [-0.2, 0) is 16.2 Å². The molecule has 0 spiro atoms. The first-order chi connectivity index (χ1) is 18.0. The summed E-state index contributed by atoms with van der Waals surface area (Å²) in [5.74, 6) is 0.746. The SMILES string of the molecule is CC(CCC(SCCC(=O)NC(C)(C)C)c1cccc(OCc2ccc3ccc(Cl)cc3n2)c1)CC(=O)O. The first-order valence-electron chi connectivity index (χ1n) is 12.9. The number of fused-ring (bicyclic) bond motifs is 1. The number of nitrogens with one attached hydrogen (secondary N) is 1. The summed E-state index contributed by atoms with van der Waals surface area (Å²) in [7, 11) is 0. The summed E-state index contributed by atoms with van der Waals surface area (Å²) in [5.41, 5.74) is 2.48. The Balaban J connectivity index is 1.67. The predicted octanol–water partition coefficient (Wildman–Crippen LogP) is 7.44. The van der Waals surface area contributed by atoms with Crippen molar-refractivity contribution in [2.45, 2.75) is 70.8 Å². The molecule has 3 rings (SSSR count). The number of aromatic nitrogens is 1. The zero-order valence-electron chi connectivity index (χ0n) is 22.5. The third kappa shape index (κ3) is 10.2. The minimum absolute atomic E-state index is 0.0317. The first kappa shape index (κ1) is 29.8. The Labute approximate surface area is 234 Å². The molecule has 2 atom stereocenters. The van der Waals surface area contributed by atoms with Gasteiger partial charge in [-0.3, -0.25) is 9.59 Å². The van der Waals surface area contributed by atoms with E-state index in [2.05, 4.69) is 16.4 Å². The van der Waals surface area contributed by atoms with Gasteiger partial charge in [0, 0.05) is 39.8 Å². The third-order valence-electron chi connectivity index (χ3n) is 5.94. The lowest BCUT2D eigenvalue weighted by Crippen LogP contribution is -2.40. The summed E-state index contributed by atoms with van der Waals surface area (Å²) in [6.07, 6.45) is 2.18. The van der Waals surface area contributed by atoms with Gasteiger partial charge in [0.2, 0.25) is 5.91 Å². The van der Waals surface area contributed by atoms with E-state index in [1.54, 1.807) is 11.8 Å². The van der Waals surface area contributed by atoms with E-state index in [4.69, 9.17) is 21.4 Å². The van der Waals surface area contributed by atoms with Gasteiger partial charge in [-0.25, -0.2) is 4.98 Å². The molecule has 6 nitrogen and oxygen atoms in total. The third-order valence-corrected chi connectivity index (χ3v) is 7.52. The Kier molecular flexibility index (Phi) is 10.9. The molecular weight excluding hydrogens is 520 g/mol. The second-order valence-corrected chi connectivity index (χ2v) is 12.4. The second kappa shape index (κ2) is 13.9. The summed E-state index contributed by atoms with van der Waals surface area (Å²) >= 11 is 7.85. The summed E-state index contributed by atoms with van der Waals surface area (Å²) in [6.45, 7) is 8.21. The molecule has 0 aliphatic carbocycles. The van der Waals surface area contributed by atoms with Crippen LogP contribution >= 0.6 is 23.4 Å². The summed E-state index contributed by atoms with van der Waals surface area (Å²) in [6, 6.07) is 17.6. The number of rotatable bonds is 13. The van der Waals surface area contributed by atoms with Crippen LogP contribution < -0.4 is 10.1 Å². The van der Waals surface area contributed by atoms with Crippen LogP contribution in [0.1, 0.15) is 69.9 Å². The number of benzene rings is 2. The van der Waals surface area contributed by atoms with E-state index in [1.165, 1.54) is 0 Å². The van der Waals surface area contributed by atoms with Crippen molar-refractivity contribution in [2.24, 2.45) is 5.92 Å². The zero-order valence-corrected chi connectivity index (χ0v) is 24.1. The molecule has 0 fully saturated rings. The van der Waals surface area contributed by atoms with E-state index in [0.29, 0.717) is 23.8 Å². The molecule has 1 aromatic heterocycles. The van der Waals surface area contributed by atoms with Gasteiger partial charge in [-0.05, 0) is 75.4 Å². The van der Waals surface area contributed by atoms with E-state index < -0.39 is 5.97 Å². The number of carbonyl (C=O) groups excluding carboxylic acids is 1. The number of thioether (sulfide) groups is 1. The van der Waals surface area contributed by atoms with E-state index in [9.17, 15) is 9.59 Å². The number of pyridine rings is 1. The maximum atomic E-state index is 12.3. The van der Waals surface area contributed by atoms with Crippen LogP contribution in [0.5, 0.6) is 5.75 Å². The highest BCUT2D eigenvalue weighted by atomic mass is 35.5. The molecule has 38 heavy (non-hydrogen) atoms. The average Bonchev–Trinajstić information content (AvgIpc) is 2.83. The fraction of sp³-hybridized carbons (Fsp3) is 0.433. The van der Waals surface area contributed by atoms with E-state index >= 15 is 0 Å². The predicted molar refractivity (Wildman–Crippen MR) is 156 cm³/mol. The fourth-order valence-electron chi connectivity index (χ4n) is 4.13. The topological polar surface area (TPSA) is 88.5 Å². The summed E-state index contributed by atoms with van der Waals surface area (Å²) < 4.78 is 6.09. The molecule has 0 radical (unpaired) electrons. The number of carboxylic acids is 1. The molecule has 0 bridgehead atoms. The van der Waals surface area contributed by atoms with Gasteiger partial charge in [-0.15, -0.1) is 0 Å². The number of nitrogens with zero attached hydrogens (tertiary/aromatic N) is 1. The lowest BCUT2D eigenvalue weighted by molar-refractivity contribution is -0.138. The van der Waals surface area contributed by atoms with Crippen molar-refractivity contribution >= 4 is 46.1 Å². The molecule has 2 N–H and O–H groups in total. The molecule has 1 heterocycles. The molecule has 3 aromatic rings. The van der Waals surface area contributed by atoms with Crippen LogP contribution in [0.4, 0.5) is 0 Å². The molecule has 8 heteroatoms. The Hall–Kier alpha value is -2.77. The molecular formula is C30H37ClN2O4S. The Bertz CT molecular complexity index is 1240. The van der Waals surface area contributed by atoms with Crippen molar-refractivity contribution in [1.29, 1.82) is 0 Å². The van der Waals surface area contributed by atoms with Gasteiger partial charge >= 0.3 is 5.97 Å². The molecule has 2 aromatic carbocycles.